The van der Waals surface area contributed by atoms with E-state index in [-0.39, 0.29) is 12.5 Å². The zero-order valence-electron chi connectivity index (χ0n) is 9.36. The van der Waals surface area contributed by atoms with Crippen LogP contribution >= 0.6 is 0 Å². The fourth-order valence-electron chi connectivity index (χ4n) is 1.24. The van der Waals surface area contributed by atoms with Crippen molar-refractivity contribution in [3.8, 4) is 0 Å². The van der Waals surface area contributed by atoms with Gasteiger partial charge in [0.05, 0.1) is 13.7 Å². The zero-order valence-corrected chi connectivity index (χ0v) is 9.36. The monoisotopic (exact) mass is 217 g/mol. The van der Waals surface area contributed by atoms with E-state index in [9.17, 15) is 9.59 Å². The maximum atomic E-state index is 10.7. The van der Waals surface area contributed by atoms with Crippen molar-refractivity contribution >= 4 is 11.9 Å². The van der Waals surface area contributed by atoms with Gasteiger partial charge in [-0.25, -0.2) is 0 Å². The first-order valence-electron chi connectivity index (χ1n) is 5.03. The summed E-state index contributed by atoms with van der Waals surface area (Å²) < 4.78 is 4.50. The van der Waals surface area contributed by atoms with Crippen LogP contribution in [-0.4, -0.2) is 49.2 Å². The van der Waals surface area contributed by atoms with Crippen molar-refractivity contribution in [1.82, 2.24) is 4.90 Å². The third kappa shape index (κ3) is 9.21. The Balaban J connectivity index is 3.30. The average molecular weight is 217 g/mol. The number of hydrogen-bond acceptors (Lipinski definition) is 4. The molecule has 5 heteroatoms. The van der Waals surface area contributed by atoms with Crippen molar-refractivity contribution in [1.29, 1.82) is 0 Å². The molecule has 0 aromatic heterocycles. The number of hydrogen-bond donors (Lipinski definition) is 1. The first kappa shape index (κ1) is 13.9. The normalized spacial score (nSPS) is 10.3. The summed E-state index contributed by atoms with van der Waals surface area (Å²) in [5.74, 6) is -0.999. The fraction of sp³-hybridized carbons (Fsp3) is 0.800. The molecule has 0 aliphatic carbocycles. The molecule has 0 fully saturated rings. The van der Waals surface area contributed by atoms with Crippen molar-refractivity contribution in [2.24, 2.45) is 0 Å². The summed E-state index contributed by atoms with van der Waals surface area (Å²) in [4.78, 5) is 22.8. The van der Waals surface area contributed by atoms with Crippen molar-refractivity contribution in [2.45, 2.75) is 25.7 Å². The Morgan fingerprint density at radius 1 is 1.27 bits per heavy atom. The molecule has 0 amide bonds. The van der Waals surface area contributed by atoms with Crippen LogP contribution in [0.5, 0.6) is 0 Å². The number of carbonyl (C=O) groups excluding carboxylic acids is 1. The minimum absolute atomic E-state index is 0.0665. The van der Waals surface area contributed by atoms with Gasteiger partial charge in [-0.2, -0.15) is 0 Å². The number of carbonyl (C=O) groups is 2. The molecule has 0 aromatic carbocycles. The van der Waals surface area contributed by atoms with Crippen LogP contribution in [0.4, 0.5) is 0 Å². The SMILES string of the molecule is COC(=O)CCCCCN(C)CC(=O)O. The van der Waals surface area contributed by atoms with Crippen LogP contribution in [0.3, 0.4) is 0 Å². The van der Waals surface area contributed by atoms with E-state index in [1.165, 1.54) is 7.11 Å². The summed E-state index contributed by atoms with van der Waals surface area (Å²) in [6, 6.07) is 0. The minimum atomic E-state index is -0.813. The second kappa shape index (κ2) is 8.23. The number of rotatable bonds is 8. The third-order valence-corrected chi connectivity index (χ3v) is 2.05. The predicted octanol–water partition coefficient (Wildman–Crippen LogP) is 0.736. The van der Waals surface area contributed by atoms with Gasteiger partial charge in [-0.15, -0.1) is 0 Å². The quantitative estimate of drug-likeness (QED) is 0.479. The van der Waals surface area contributed by atoms with E-state index in [2.05, 4.69) is 4.74 Å². The van der Waals surface area contributed by atoms with Crippen LogP contribution in [-0.2, 0) is 14.3 Å². The molecule has 0 saturated heterocycles. The van der Waals surface area contributed by atoms with Gasteiger partial charge in [0.15, 0.2) is 0 Å². The number of nitrogens with zero attached hydrogens (tertiary/aromatic N) is 1. The van der Waals surface area contributed by atoms with Gasteiger partial charge in [-0.3, -0.25) is 14.5 Å². The number of unbranched alkanes of at least 4 members (excludes halogenated alkanes) is 2. The van der Waals surface area contributed by atoms with Crippen LogP contribution in [0.15, 0.2) is 0 Å². The van der Waals surface area contributed by atoms with Gasteiger partial charge in [0.25, 0.3) is 0 Å². The van der Waals surface area contributed by atoms with Gasteiger partial charge >= 0.3 is 11.9 Å². The van der Waals surface area contributed by atoms with E-state index in [4.69, 9.17) is 5.11 Å². The molecule has 0 heterocycles. The molecule has 0 rings (SSSR count). The number of methoxy groups -OCH3 is 1. The van der Waals surface area contributed by atoms with Gasteiger partial charge in [0.2, 0.25) is 0 Å². The van der Waals surface area contributed by atoms with Crippen molar-refractivity contribution in [3.63, 3.8) is 0 Å². The van der Waals surface area contributed by atoms with Crippen LogP contribution in [0, 0.1) is 0 Å². The number of likely N-dealkylation sites (N-methyl/N-ethyl adjacent to an activating group) is 1. The average Bonchev–Trinajstić information content (AvgIpc) is 2.15. The lowest BCUT2D eigenvalue weighted by molar-refractivity contribution is -0.140. The number of ether oxygens (including phenoxy) is 1. The molecule has 0 saturated carbocycles. The highest BCUT2D eigenvalue weighted by Crippen LogP contribution is 2.01. The van der Waals surface area contributed by atoms with Crippen LogP contribution in [0.25, 0.3) is 0 Å². The fourth-order valence-corrected chi connectivity index (χ4v) is 1.24. The first-order valence-corrected chi connectivity index (χ1v) is 5.03. The third-order valence-electron chi connectivity index (χ3n) is 2.05. The maximum Gasteiger partial charge on any atom is 0.317 e. The van der Waals surface area contributed by atoms with Crippen molar-refractivity contribution in [2.75, 3.05) is 27.2 Å². The Labute approximate surface area is 90.0 Å². The standard InChI is InChI=1S/C10H19NO4/c1-11(8-9(12)13)7-5-3-4-6-10(14)15-2/h3-8H2,1-2H3,(H,12,13). The Kier molecular flexibility index (Phi) is 7.62. The predicted molar refractivity (Wildman–Crippen MR) is 55.6 cm³/mol. The summed E-state index contributed by atoms with van der Waals surface area (Å²) in [6.07, 6.45) is 3.06. The molecular formula is C10H19NO4. The Hall–Kier alpha value is -1.10. The second-order valence-electron chi connectivity index (χ2n) is 3.52. The van der Waals surface area contributed by atoms with Gasteiger partial charge < -0.3 is 9.84 Å². The van der Waals surface area contributed by atoms with Crippen LogP contribution in [0.2, 0.25) is 0 Å². The van der Waals surface area contributed by atoms with Gasteiger partial charge in [0, 0.05) is 6.42 Å². The highest BCUT2D eigenvalue weighted by atomic mass is 16.5. The van der Waals surface area contributed by atoms with Gasteiger partial charge in [-0.05, 0) is 26.4 Å². The highest BCUT2D eigenvalue weighted by Gasteiger charge is 2.04. The molecular weight excluding hydrogens is 198 g/mol. The number of aliphatic carboxylic acids is 1. The molecule has 0 aliphatic heterocycles. The van der Waals surface area contributed by atoms with Crippen molar-refractivity contribution in [3.05, 3.63) is 0 Å². The molecule has 1 N–H and O–H groups in total. The minimum Gasteiger partial charge on any atom is -0.480 e. The summed E-state index contributed by atoms with van der Waals surface area (Å²) in [6.45, 7) is 0.810. The molecule has 0 aliphatic rings. The highest BCUT2D eigenvalue weighted by molar-refractivity contribution is 5.69. The number of carboxylic acids is 1. The van der Waals surface area contributed by atoms with Crippen LogP contribution in [0.1, 0.15) is 25.7 Å². The number of carboxylic acid groups (broad SMARTS) is 1. The summed E-state index contributed by atoms with van der Waals surface area (Å²) in [5.41, 5.74) is 0. The molecule has 15 heavy (non-hydrogen) atoms. The van der Waals surface area contributed by atoms with E-state index in [1.807, 2.05) is 0 Å². The van der Waals surface area contributed by atoms with E-state index < -0.39 is 5.97 Å². The summed E-state index contributed by atoms with van der Waals surface area (Å²) in [7, 11) is 3.15. The molecule has 0 unspecified atom stereocenters. The molecule has 0 bridgehead atoms. The molecule has 0 aromatic rings. The topological polar surface area (TPSA) is 66.8 Å². The molecule has 0 radical (unpaired) electrons. The van der Waals surface area contributed by atoms with E-state index in [0.29, 0.717) is 6.42 Å². The maximum absolute atomic E-state index is 10.7. The largest absolute Gasteiger partial charge is 0.480 e. The van der Waals surface area contributed by atoms with Crippen LogP contribution < -0.4 is 0 Å². The summed E-state index contributed by atoms with van der Waals surface area (Å²) >= 11 is 0. The molecule has 88 valence electrons. The Morgan fingerprint density at radius 2 is 1.93 bits per heavy atom. The van der Waals surface area contributed by atoms with Gasteiger partial charge in [0.1, 0.15) is 0 Å². The molecule has 5 nitrogen and oxygen atoms in total. The lowest BCUT2D eigenvalue weighted by Gasteiger charge is -2.12. The lowest BCUT2D eigenvalue weighted by Crippen LogP contribution is -2.26. The zero-order chi connectivity index (χ0) is 11.7. The Morgan fingerprint density at radius 3 is 2.47 bits per heavy atom. The number of esters is 1. The Bertz CT molecular complexity index is 206. The molecule has 0 atom stereocenters. The summed E-state index contributed by atoms with van der Waals surface area (Å²) in [5, 5.41) is 8.49. The smallest absolute Gasteiger partial charge is 0.317 e. The van der Waals surface area contributed by atoms with E-state index in [0.717, 1.165) is 25.8 Å². The van der Waals surface area contributed by atoms with Crippen molar-refractivity contribution < 1.29 is 19.4 Å². The molecule has 0 spiro atoms. The van der Waals surface area contributed by atoms with E-state index >= 15 is 0 Å². The van der Waals surface area contributed by atoms with E-state index in [1.54, 1.807) is 11.9 Å². The van der Waals surface area contributed by atoms with Gasteiger partial charge in [-0.1, -0.05) is 6.42 Å². The second-order valence-corrected chi connectivity index (χ2v) is 3.52. The first-order chi connectivity index (χ1) is 7.06. The lowest BCUT2D eigenvalue weighted by atomic mass is 10.2.